The monoisotopic (exact) mass is 493 g/mol. The molecular formula is C29H24ClN5O. The van der Waals surface area contributed by atoms with Gasteiger partial charge in [0.1, 0.15) is 5.82 Å². The maximum atomic E-state index is 13.9. The first-order valence-corrected chi connectivity index (χ1v) is 12.2. The molecule has 0 saturated carbocycles. The van der Waals surface area contributed by atoms with Gasteiger partial charge in [-0.1, -0.05) is 60.1 Å². The third-order valence-electron chi connectivity index (χ3n) is 6.56. The Kier molecular flexibility index (Phi) is 5.58. The summed E-state index contributed by atoms with van der Waals surface area (Å²) >= 11 is 6.06. The van der Waals surface area contributed by atoms with Gasteiger partial charge in [-0.05, 0) is 61.0 Å². The predicted octanol–water partition coefficient (Wildman–Crippen LogP) is 6.76. The number of aryl methyl sites for hydroxylation is 1. The number of aromatic nitrogens is 3. The number of carbonyl (C=O) groups excluding carboxylic acids is 1. The van der Waals surface area contributed by atoms with Crippen LogP contribution in [0.15, 0.2) is 103 Å². The van der Waals surface area contributed by atoms with E-state index in [0.29, 0.717) is 17.3 Å². The molecule has 7 heteroatoms. The van der Waals surface area contributed by atoms with Crippen LogP contribution in [0, 0.1) is 6.92 Å². The molecule has 1 aliphatic heterocycles. The molecule has 2 amide bonds. The molecule has 178 valence electrons. The maximum absolute atomic E-state index is 13.9. The lowest BCUT2D eigenvalue weighted by atomic mass is 10.0. The zero-order valence-electron chi connectivity index (χ0n) is 19.7. The fraction of sp³-hybridized carbons (Fsp3) is 0.103. The number of carbonyl (C=O) groups is 1. The second-order valence-corrected chi connectivity index (χ2v) is 9.25. The van der Waals surface area contributed by atoms with E-state index in [9.17, 15) is 4.79 Å². The number of nitrogens with zero attached hydrogens (tertiary/aromatic N) is 4. The fourth-order valence-electron chi connectivity index (χ4n) is 4.86. The van der Waals surface area contributed by atoms with Crippen molar-refractivity contribution < 1.29 is 4.79 Å². The number of nitrogens with one attached hydrogen (secondary N) is 1. The minimum absolute atomic E-state index is 0.196. The van der Waals surface area contributed by atoms with E-state index in [1.165, 1.54) is 0 Å². The zero-order valence-corrected chi connectivity index (χ0v) is 20.4. The molecule has 2 aromatic heterocycles. The Hall–Kier alpha value is -4.29. The maximum Gasteiger partial charge on any atom is 0.322 e. The first-order valence-electron chi connectivity index (χ1n) is 11.8. The summed E-state index contributed by atoms with van der Waals surface area (Å²) in [6.07, 6.45) is 2.05. The number of fused-ring (bicyclic) bond motifs is 3. The Morgan fingerprint density at radius 2 is 1.61 bits per heavy atom. The third kappa shape index (κ3) is 3.85. The van der Waals surface area contributed by atoms with Crippen LogP contribution < -0.4 is 5.32 Å². The molecule has 3 heterocycles. The Bertz CT molecular complexity index is 1520. The van der Waals surface area contributed by atoms with Gasteiger partial charge in [-0.2, -0.15) is 5.10 Å². The average Bonchev–Trinajstić information content (AvgIpc) is 3.47. The second kappa shape index (κ2) is 9.06. The summed E-state index contributed by atoms with van der Waals surface area (Å²) < 4.78 is 4.13. The molecule has 6 rings (SSSR count). The summed E-state index contributed by atoms with van der Waals surface area (Å²) in [5.41, 5.74) is 5.56. The largest absolute Gasteiger partial charge is 0.322 e. The number of para-hydroxylation sites is 1. The molecule has 0 unspecified atom stereocenters. The lowest BCUT2D eigenvalue weighted by molar-refractivity contribution is 0.194. The van der Waals surface area contributed by atoms with E-state index >= 15 is 0 Å². The predicted molar refractivity (Wildman–Crippen MR) is 142 cm³/mol. The van der Waals surface area contributed by atoms with E-state index in [2.05, 4.69) is 28.1 Å². The lowest BCUT2D eigenvalue weighted by Gasteiger charge is -2.31. The van der Waals surface area contributed by atoms with Crippen LogP contribution in [0.3, 0.4) is 0 Å². The number of rotatable bonds is 3. The van der Waals surface area contributed by atoms with Gasteiger partial charge in [0.15, 0.2) is 0 Å². The summed E-state index contributed by atoms with van der Waals surface area (Å²) in [5, 5.41) is 8.58. The van der Waals surface area contributed by atoms with Crippen molar-refractivity contribution in [1.29, 1.82) is 0 Å². The van der Waals surface area contributed by atoms with Crippen molar-refractivity contribution in [1.82, 2.24) is 19.2 Å². The van der Waals surface area contributed by atoms with Gasteiger partial charge in [0, 0.05) is 22.5 Å². The number of benzene rings is 3. The molecule has 0 spiro atoms. The minimum atomic E-state index is -0.301. The third-order valence-corrected chi connectivity index (χ3v) is 6.81. The highest BCUT2D eigenvalue weighted by atomic mass is 35.5. The molecule has 6 nitrogen and oxygen atoms in total. The highest BCUT2D eigenvalue weighted by Gasteiger charge is 2.35. The molecule has 0 saturated heterocycles. The van der Waals surface area contributed by atoms with Gasteiger partial charge in [0.05, 0.1) is 29.7 Å². The molecule has 0 fully saturated rings. The van der Waals surface area contributed by atoms with Crippen molar-refractivity contribution in [3.05, 3.63) is 131 Å². The summed E-state index contributed by atoms with van der Waals surface area (Å²) in [7, 11) is 0. The fourth-order valence-corrected chi connectivity index (χ4v) is 4.99. The number of amides is 2. The molecule has 1 aliphatic rings. The molecule has 0 aliphatic carbocycles. The van der Waals surface area contributed by atoms with Crippen LogP contribution in [-0.4, -0.2) is 25.3 Å². The van der Waals surface area contributed by atoms with E-state index in [1.54, 1.807) is 12.1 Å². The van der Waals surface area contributed by atoms with Gasteiger partial charge in [-0.15, -0.1) is 0 Å². The van der Waals surface area contributed by atoms with Crippen LogP contribution in [0.25, 0.3) is 11.5 Å². The molecule has 0 radical (unpaired) electrons. The Morgan fingerprint density at radius 1 is 0.917 bits per heavy atom. The highest BCUT2D eigenvalue weighted by molar-refractivity contribution is 6.30. The summed E-state index contributed by atoms with van der Waals surface area (Å²) in [4.78, 5) is 15.7. The highest BCUT2D eigenvalue weighted by Crippen LogP contribution is 2.38. The van der Waals surface area contributed by atoms with Crippen LogP contribution in [0.4, 0.5) is 10.5 Å². The van der Waals surface area contributed by atoms with Gasteiger partial charge >= 0.3 is 6.03 Å². The van der Waals surface area contributed by atoms with Crippen molar-refractivity contribution in [2.24, 2.45) is 0 Å². The summed E-state index contributed by atoms with van der Waals surface area (Å²) in [6.45, 7) is 2.40. The van der Waals surface area contributed by atoms with Gasteiger partial charge in [-0.3, -0.25) is 0 Å². The van der Waals surface area contributed by atoms with Crippen LogP contribution in [0.2, 0.25) is 5.02 Å². The van der Waals surface area contributed by atoms with Gasteiger partial charge < -0.3 is 14.8 Å². The topological polar surface area (TPSA) is 55.1 Å². The van der Waals surface area contributed by atoms with Crippen molar-refractivity contribution in [3.63, 3.8) is 0 Å². The first kappa shape index (κ1) is 22.2. The first-order chi connectivity index (χ1) is 17.6. The van der Waals surface area contributed by atoms with E-state index in [0.717, 1.165) is 34.0 Å². The summed E-state index contributed by atoms with van der Waals surface area (Å²) in [5.74, 6) is 0.946. The molecule has 1 atom stereocenters. The molecule has 1 N–H and O–H groups in total. The van der Waals surface area contributed by atoms with E-state index in [-0.39, 0.29) is 12.1 Å². The minimum Gasteiger partial charge on any atom is -0.308 e. The average molecular weight is 494 g/mol. The van der Waals surface area contributed by atoms with Gasteiger partial charge in [0.25, 0.3) is 0 Å². The number of halogens is 1. The summed E-state index contributed by atoms with van der Waals surface area (Å²) in [6, 6.07) is 31.0. The number of hydrogen-bond acceptors (Lipinski definition) is 2. The lowest BCUT2D eigenvalue weighted by Crippen LogP contribution is -2.38. The normalized spacial score (nSPS) is 14.6. The standard InChI is InChI=1S/C29H24ClN5O/c1-20-25-19-34(29(36)31-23-16-14-22(30)15-17-23)27(21-9-4-2-5-10-21)26-13-8-18-33(26)28(25)35(32-20)24-11-6-3-7-12-24/h2-18,27H,19H2,1H3,(H,31,36)/t27-/m0/s1. The van der Waals surface area contributed by atoms with Crippen molar-refractivity contribution >= 4 is 23.3 Å². The molecule has 0 bridgehead atoms. The van der Waals surface area contributed by atoms with Crippen LogP contribution >= 0.6 is 11.6 Å². The smallest absolute Gasteiger partial charge is 0.308 e. The molecule has 36 heavy (non-hydrogen) atoms. The zero-order chi connectivity index (χ0) is 24.6. The Morgan fingerprint density at radius 3 is 2.33 bits per heavy atom. The molecule has 5 aromatic rings. The van der Waals surface area contributed by atoms with Crippen molar-refractivity contribution in [3.8, 4) is 11.5 Å². The van der Waals surface area contributed by atoms with E-state index in [1.807, 2.05) is 89.4 Å². The number of hydrogen-bond donors (Lipinski definition) is 1. The van der Waals surface area contributed by atoms with Gasteiger partial charge in [-0.25, -0.2) is 9.48 Å². The van der Waals surface area contributed by atoms with E-state index in [4.69, 9.17) is 16.7 Å². The van der Waals surface area contributed by atoms with Crippen LogP contribution in [0.1, 0.15) is 28.6 Å². The van der Waals surface area contributed by atoms with Crippen LogP contribution in [0.5, 0.6) is 0 Å². The molecular weight excluding hydrogens is 470 g/mol. The second-order valence-electron chi connectivity index (χ2n) is 8.82. The van der Waals surface area contributed by atoms with Crippen molar-refractivity contribution in [2.75, 3.05) is 5.32 Å². The van der Waals surface area contributed by atoms with E-state index < -0.39 is 0 Å². The van der Waals surface area contributed by atoms with Gasteiger partial charge in [0.2, 0.25) is 0 Å². The molecule has 3 aromatic carbocycles. The quantitative estimate of drug-likeness (QED) is 0.302. The van der Waals surface area contributed by atoms with Crippen molar-refractivity contribution in [2.45, 2.75) is 19.5 Å². The number of anilines is 1. The number of urea groups is 1. The Balaban J connectivity index is 1.52. The Labute approximate surface area is 214 Å². The van der Waals surface area contributed by atoms with Crippen LogP contribution in [-0.2, 0) is 6.54 Å². The SMILES string of the molecule is Cc1nn(-c2ccccc2)c2c1CN(C(=O)Nc1ccc(Cl)cc1)[C@@H](c1ccccc1)c1cccn1-2.